The third kappa shape index (κ3) is 5.00. The Bertz CT molecular complexity index is 805. The van der Waals surface area contributed by atoms with E-state index in [1.807, 2.05) is 62.4 Å². The summed E-state index contributed by atoms with van der Waals surface area (Å²) in [7, 11) is 0. The van der Waals surface area contributed by atoms with Crippen LogP contribution in [0.5, 0.6) is 5.75 Å². The van der Waals surface area contributed by atoms with E-state index in [1.165, 1.54) is 0 Å². The van der Waals surface area contributed by atoms with E-state index < -0.39 is 0 Å². The number of amides is 3. The van der Waals surface area contributed by atoms with E-state index >= 15 is 0 Å². The van der Waals surface area contributed by atoms with E-state index in [2.05, 4.69) is 10.6 Å². The number of carbonyl (C=O) groups is 2. The summed E-state index contributed by atoms with van der Waals surface area (Å²) < 4.78 is 5.43. The van der Waals surface area contributed by atoms with Crippen molar-refractivity contribution in [1.82, 2.24) is 5.32 Å². The molecule has 6 heteroatoms. The fourth-order valence-corrected chi connectivity index (χ4v) is 3.19. The fourth-order valence-electron chi connectivity index (χ4n) is 3.19. The first-order valence-electron chi connectivity index (χ1n) is 9.20. The van der Waals surface area contributed by atoms with Crippen molar-refractivity contribution in [2.24, 2.45) is 5.92 Å². The first kappa shape index (κ1) is 18.8. The molecule has 3 amide bonds. The van der Waals surface area contributed by atoms with Gasteiger partial charge < -0.3 is 20.3 Å². The van der Waals surface area contributed by atoms with Crippen LogP contribution < -0.4 is 20.3 Å². The average Bonchev–Trinajstić information content (AvgIpc) is 3.02. The number of hydrogen-bond acceptors (Lipinski definition) is 3. The number of ether oxygens (including phenoxy) is 1. The van der Waals surface area contributed by atoms with Crippen molar-refractivity contribution in [2.75, 3.05) is 29.9 Å². The Hall–Kier alpha value is -3.02. The highest BCUT2D eigenvalue weighted by Crippen LogP contribution is 2.26. The zero-order valence-corrected chi connectivity index (χ0v) is 15.7. The lowest BCUT2D eigenvalue weighted by Crippen LogP contribution is -2.34. The molecule has 0 unspecified atom stereocenters. The van der Waals surface area contributed by atoms with Gasteiger partial charge in [0.1, 0.15) is 5.75 Å². The minimum absolute atomic E-state index is 0.0741. The molecular formula is C21H25N3O3. The summed E-state index contributed by atoms with van der Waals surface area (Å²) in [4.78, 5) is 26.2. The second-order valence-corrected chi connectivity index (χ2v) is 6.71. The molecule has 0 aliphatic carbocycles. The molecule has 0 saturated carbocycles. The van der Waals surface area contributed by atoms with Crippen LogP contribution in [0, 0.1) is 12.8 Å². The van der Waals surface area contributed by atoms with Crippen LogP contribution in [0.25, 0.3) is 0 Å². The van der Waals surface area contributed by atoms with E-state index in [-0.39, 0.29) is 17.9 Å². The predicted octanol–water partition coefficient (Wildman–Crippen LogP) is 3.57. The largest absolute Gasteiger partial charge is 0.494 e. The summed E-state index contributed by atoms with van der Waals surface area (Å²) in [6, 6.07) is 14.9. The van der Waals surface area contributed by atoms with Crippen LogP contribution in [0.1, 0.15) is 18.9 Å². The van der Waals surface area contributed by atoms with E-state index in [0.717, 1.165) is 22.7 Å². The molecule has 2 aromatic rings. The van der Waals surface area contributed by atoms with Gasteiger partial charge in [0.2, 0.25) is 5.91 Å². The number of benzene rings is 2. The number of nitrogens with zero attached hydrogens (tertiary/aromatic N) is 1. The molecule has 142 valence electrons. The minimum Gasteiger partial charge on any atom is -0.494 e. The number of anilines is 2. The van der Waals surface area contributed by atoms with Crippen molar-refractivity contribution in [3.8, 4) is 5.75 Å². The quantitative estimate of drug-likeness (QED) is 0.820. The standard InChI is InChI=1S/C21H25N3O3/c1-3-27-19-9-7-18(8-10-19)24-14-16(12-20(24)25)13-22-21(26)23-17-6-4-5-15(2)11-17/h4-11,16H,3,12-14H2,1-2H3,(H2,22,23,26)/t16-/m0/s1. The summed E-state index contributed by atoms with van der Waals surface area (Å²) >= 11 is 0. The van der Waals surface area contributed by atoms with Gasteiger partial charge in [0.15, 0.2) is 0 Å². The fraction of sp³-hybridized carbons (Fsp3) is 0.333. The highest BCUT2D eigenvalue weighted by atomic mass is 16.5. The van der Waals surface area contributed by atoms with Crippen molar-refractivity contribution >= 4 is 23.3 Å². The van der Waals surface area contributed by atoms with E-state index in [9.17, 15) is 9.59 Å². The molecule has 0 spiro atoms. The molecule has 0 bridgehead atoms. The lowest BCUT2D eigenvalue weighted by molar-refractivity contribution is -0.117. The predicted molar refractivity (Wildman–Crippen MR) is 106 cm³/mol. The maximum Gasteiger partial charge on any atom is 0.319 e. The summed E-state index contributed by atoms with van der Waals surface area (Å²) in [5.74, 6) is 0.955. The smallest absolute Gasteiger partial charge is 0.319 e. The van der Waals surface area contributed by atoms with Gasteiger partial charge in [-0.2, -0.15) is 0 Å². The summed E-state index contributed by atoms with van der Waals surface area (Å²) in [6.07, 6.45) is 0.429. The van der Waals surface area contributed by atoms with Crippen molar-refractivity contribution in [1.29, 1.82) is 0 Å². The Labute approximate surface area is 159 Å². The first-order chi connectivity index (χ1) is 13.0. The second kappa shape index (κ2) is 8.58. The second-order valence-electron chi connectivity index (χ2n) is 6.71. The van der Waals surface area contributed by atoms with Crippen LogP contribution in [0.4, 0.5) is 16.2 Å². The number of aryl methyl sites for hydroxylation is 1. The van der Waals surface area contributed by atoms with Gasteiger partial charge in [0.25, 0.3) is 0 Å². The molecule has 0 radical (unpaired) electrons. The van der Waals surface area contributed by atoms with Crippen LogP contribution in [0.2, 0.25) is 0 Å². The van der Waals surface area contributed by atoms with Gasteiger partial charge in [-0.1, -0.05) is 12.1 Å². The molecule has 0 aromatic heterocycles. The Kier molecular flexibility index (Phi) is 5.96. The molecule has 1 heterocycles. The number of urea groups is 1. The number of nitrogens with one attached hydrogen (secondary N) is 2. The zero-order chi connectivity index (χ0) is 19.2. The van der Waals surface area contributed by atoms with Crippen molar-refractivity contribution in [3.05, 3.63) is 54.1 Å². The maximum absolute atomic E-state index is 12.3. The highest BCUT2D eigenvalue weighted by molar-refractivity contribution is 5.96. The lowest BCUT2D eigenvalue weighted by atomic mass is 10.1. The van der Waals surface area contributed by atoms with Gasteiger partial charge >= 0.3 is 6.03 Å². The minimum atomic E-state index is -0.257. The van der Waals surface area contributed by atoms with Crippen LogP contribution in [0.3, 0.4) is 0 Å². The van der Waals surface area contributed by atoms with Crippen LogP contribution in [-0.4, -0.2) is 31.6 Å². The van der Waals surface area contributed by atoms with Gasteiger partial charge in [0.05, 0.1) is 6.61 Å². The molecule has 1 atom stereocenters. The maximum atomic E-state index is 12.3. The molecular weight excluding hydrogens is 342 g/mol. The summed E-state index contributed by atoms with van der Waals surface area (Å²) in [6.45, 7) is 5.57. The monoisotopic (exact) mass is 367 g/mol. The van der Waals surface area contributed by atoms with Gasteiger partial charge in [-0.05, 0) is 55.8 Å². The highest BCUT2D eigenvalue weighted by Gasteiger charge is 2.30. The summed E-state index contributed by atoms with van der Waals surface area (Å²) in [5.41, 5.74) is 2.70. The molecule has 1 aliphatic rings. The van der Waals surface area contributed by atoms with Gasteiger partial charge in [0, 0.05) is 36.8 Å². The Morgan fingerprint density at radius 1 is 1.22 bits per heavy atom. The van der Waals surface area contributed by atoms with Crippen LogP contribution >= 0.6 is 0 Å². The lowest BCUT2D eigenvalue weighted by Gasteiger charge is -2.17. The third-order valence-corrected chi connectivity index (χ3v) is 4.49. The topological polar surface area (TPSA) is 70.7 Å². The van der Waals surface area contributed by atoms with Crippen molar-refractivity contribution in [3.63, 3.8) is 0 Å². The average molecular weight is 367 g/mol. The van der Waals surface area contributed by atoms with Gasteiger partial charge in [-0.25, -0.2) is 4.79 Å². The van der Waals surface area contributed by atoms with Crippen LogP contribution in [-0.2, 0) is 4.79 Å². The van der Waals surface area contributed by atoms with E-state index in [4.69, 9.17) is 4.74 Å². The van der Waals surface area contributed by atoms with Gasteiger partial charge in [-0.3, -0.25) is 4.79 Å². The van der Waals surface area contributed by atoms with Crippen molar-refractivity contribution in [2.45, 2.75) is 20.3 Å². The molecule has 1 fully saturated rings. The third-order valence-electron chi connectivity index (χ3n) is 4.49. The molecule has 3 rings (SSSR count). The number of rotatable bonds is 6. The van der Waals surface area contributed by atoms with Crippen LogP contribution in [0.15, 0.2) is 48.5 Å². The Balaban J connectivity index is 1.50. The zero-order valence-electron chi connectivity index (χ0n) is 15.7. The van der Waals surface area contributed by atoms with Crippen molar-refractivity contribution < 1.29 is 14.3 Å². The normalized spacial score (nSPS) is 16.3. The van der Waals surface area contributed by atoms with E-state index in [1.54, 1.807) is 4.90 Å². The molecule has 27 heavy (non-hydrogen) atoms. The summed E-state index contributed by atoms with van der Waals surface area (Å²) in [5, 5.41) is 5.68. The first-order valence-corrected chi connectivity index (χ1v) is 9.20. The molecule has 1 saturated heterocycles. The molecule has 6 nitrogen and oxygen atoms in total. The number of carbonyl (C=O) groups excluding carboxylic acids is 2. The number of hydrogen-bond donors (Lipinski definition) is 2. The Morgan fingerprint density at radius 2 is 2.00 bits per heavy atom. The van der Waals surface area contributed by atoms with E-state index in [0.29, 0.717) is 26.1 Å². The molecule has 1 aliphatic heterocycles. The van der Waals surface area contributed by atoms with Gasteiger partial charge in [-0.15, -0.1) is 0 Å². The molecule has 2 N–H and O–H groups in total. The SMILES string of the molecule is CCOc1ccc(N2C[C@H](CNC(=O)Nc3cccc(C)c3)CC2=O)cc1. The Morgan fingerprint density at radius 3 is 2.70 bits per heavy atom. The molecule has 2 aromatic carbocycles.